The predicted octanol–water partition coefficient (Wildman–Crippen LogP) is 2.45. The number of para-hydroxylation sites is 1. The van der Waals surface area contributed by atoms with Crippen LogP contribution < -0.4 is 5.32 Å². The first-order valence-corrected chi connectivity index (χ1v) is 5.19. The van der Waals surface area contributed by atoms with Crippen LogP contribution in [-0.2, 0) is 0 Å². The first kappa shape index (κ1) is 11.6. The molecule has 0 spiro atoms. The van der Waals surface area contributed by atoms with Crippen molar-refractivity contribution in [3.63, 3.8) is 0 Å². The summed E-state index contributed by atoms with van der Waals surface area (Å²) in [5, 5.41) is 13.0. The molecule has 0 amide bonds. The van der Waals surface area contributed by atoms with Gasteiger partial charge in [-0.2, -0.15) is 0 Å². The van der Waals surface area contributed by atoms with Crippen molar-refractivity contribution in [2.45, 2.75) is 32.4 Å². The van der Waals surface area contributed by atoms with Gasteiger partial charge in [-0.05, 0) is 19.4 Å². The fourth-order valence-corrected chi connectivity index (χ4v) is 1.56. The lowest BCUT2D eigenvalue weighted by Gasteiger charge is -2.20. The van der Waals surface area contributed by atoms with Crippen LogP contribution in [0.3, 0.4) is 0 Å². The summed E-state index contributed by atoms with van der Waals surface area (Å²) >= 11 is 0. The summed E-state index contributed by atoms with van der Waals surface area (Å²) in [5.74, 6) is 2.95. The average Bonchev–Trinajstić information content (AvgIpc) is 2.26. The van der Waals surface area contributed by atoms with Gasteiger partial charge in [-0.1, -0.05) is 31.0 Å². The molecule has 0 radical (unpaired) electrons. The van der Waals surface area contributed by atoms with Crippen molar-refractivity contribution in [1.82, 2.24) is 5.32 Å². The lowest BCUT2D eigenvalue weighted by atomic mass is 10.0. The molecule has 0 fully saturated rings. The Labute approximate surface area is 91.3 Å². The van der Waals surface area contributed by atoms with Gasteiger partial charge in [0.25, 0.3) is 0 Å². The quantitative estimate of drug-likeness (QED) is 0.737. The maximum Gasteiger partial charge on any atom is 0.120 e. The van der Waals surface area contributed by atoms with Crippen LogP contribution in [0, 0.1) is 12.3 Å². The fraction of sp³-hybridized carbons (Fsp3) is 0.385. The van der Waals surface area contributed by atoms with Crippen LogP contribution in [0.15, 0.2) is 24.3 Å². The van der Waals surface area contributed by atoms with E-state index in [4.69, 9.17) is 6.42 Å². The van der Waals surface area contributed by atoms with E-state index in [0.29, 0.717) is 5.75 Å². The molecule has 2 atom stereocenters. The highest BCUT2D eigenvalue weighted by atomic mass is 16.3. The normalized spacial score (nSPS) is 14.2. The van der Waals surface area contributed by atoms with Gasteiger partial charge in [-0.15, -0.1) is 6.42 Å². The van der Waals surface area contributed by atoms with Crippen LogP contribution in [0.5, 0.6) is 5.75 Å². The molecule has 0 aromatic heterocycles. The first-order valence-electron chi connectivity index (χ1n) is 5.19. The second-order valence-electron chi connectivity index (χ2n) is 3.57. The Kier molecular flexibility index (Phi) is 4.20. The minimum atomic E-state index is 0.00885. The molecule has 0 aliphatic rings. The van der Waals surface area contributed by atoms with Crippen molar-refractivity contribution in [2.75, 3.05) is 0 Å². The largest absolute Gasteiger partial charge is 0.508 e. The molecule has 2 N–H and O–H groups in total. The summed E-state index contributed by atoms with van der Waals surface area (Å²) in [6, 6.07) is 7.46. The zero-order chi connectivity index (χ0) is 11.3. The molecule has 0 aliphatic heterocycles. The molecule has 1 rings (SSSR count). The third-order valence-corrected chi connectivity index (χ3v) is 2.42. The molecule has 0 saturated heterocycles. The highest BCUT2D eigenvalue weighted by molar-refractivity contribution is 5.34. The molecule has 2 nitrogen and oxygen atoms in total. The summed E-state index contributed by atoms with van der Waals surface area (Å²) in [5.41, 5.74) is 0.905. The number of rotatable bonds is 4. The summed E-state index contributed by atoms with van der Waals surface area (Å²) < 4.78 is 0. The lowest BCUT2D eigenvalue weighted by molar-refractivity contribution is 0.435. The summed E-state index contributed by atoms with van der Waals surface area (Å²) in [7, 11) is 0. The van der Waals surface area contributed by atoms with E-state index < -0.39 is 0 Å². The standard InChI is InChI=1S/C13H17NO/c1-4-10(3)14-12(5-2)11-8-6-7-9-13(11)15/h1,6-10,12,14-15H,5H2,2-3H3. The second-order valence-corrected chi connectivity index (χ2v) is 3.57. The molecular formula is C13H17NO. The van der Waals surface area contributed by atoms with Gasteiger partial charge in [0.05, 0.1) is 6.04 Å². The molecule has 0 heterocycles. The Balaban J connectivity index is 2.84. The maximum absolute atomic E-state index is 9.71. The molecule has 0 bridgehead atoms. The first-order chi connectivity index (χ1) is 7.19. The Morgan fingerprint density at radius 2 is 2.13 bits per heavy atom. The number of phenols is 1. The van der Waals surface area contributed by atoms with Crippen LogP contribution in [0.4, 0.5) is 0 Å². The van der Waals surface area contributed by atoms with E-state index in [1.165, 1.54) is 0 Å². The number of benzene rings is 1. The molecule has 0 saturated carbocycles. The highest BCUT2D eigenvalue weighted by Gasteiger charge is 2.13. The van der Waals surface area contributed by atoms with Gasteiger partial charge in [0, 0.05) is 11.6 Å². The molecule has 1 aromatic carbocycles. The zero-order valence-electron chi connectivity index (χ0n) is 9.20. The van der Waals surface area contributed by atoms with Crippen LogP contribution in [0.2, 0.25) is 0 Å². The molecule has 15 heavy (non-hydrogen) atoms. The zero-order valence-corrected chi connectivity index (χ0v) is 9.20. The maximum atomic E-state index is 9.71. The Morgan fingerprint density at radius 1 is 1.47 bits per heavy atom. The van der Waals surface area contributed by atoms with Crippen molar-refractivity contribution >= 4 is 0 Å². The molecule has 1 aromatic rings. The monoisotopic (exact) mass is 203 g/mol. The van der Waals surface area contributed by atoms with Crippen LogP contribution in [-0.4, -0.2) is 11.1 Å². The summed E-state index contributed by atoms with van der Waals surface area (Å²) in [6.07, 6.45) is 6.21. The van der Waals surface area contributed by atoms with Gasteiger partial charge in [0.15, 0.2) is 0 Å². The number of terminal acetylenes is 1. The number of nitrogens with one attached hydrogen (secondary N) is 1. The topological polar surface area (TPSA) is 32.3 Å². The van der Waals surface area contributed by atoms with E-state index in [-0.39, 0.29) is 12.1 Å². The second kappa shape index (κ2) is 5.43. The van der Waals surface area contributed by atoms with E-state index in [2.05, 4.69) is 18.2 Å². The SMILES string of the molecule is C#CC(C)NC(CC)c1ccccc1O. The molecule has 80 valence electrons. The lowest BCUT2D eigenvalue weighted by Crippen LogP contribution is -2.28. The van der Waals surface area contributed by atoms with Gasteiger partial charge < -0.3 is 5.11 Å². The number of aromatic hydroxyl groups is 1. The van der Waals surface area contributed by atoms with Crippen molar-refractivity contribution in [3.05, 3.63) is 29.8 Å². The minimum Gasteiger partial charge on any atom is -0.508 e. The van der Waals surface area contributed by atoms with E-state index >= 15 is 0 Å². The van der Waals surface area contributed by atoms with Crippen molar-refractivity contribution < 1.29 is 5.11 Å². The van der Waals surface area contributed by atoms with Gasteiger partial charge in [-0.25, -0.2) is 0 Å². The third kappa shape index (κ3) is 3.00. The van der Waals surface area contributed by atoms with Gasteiger partial charge in [-0.3, -0.25) is 5.32 Å². The predicted molar refractivity (Wildman–Crippen MR) is 62.6 cm³/mol. The van der Waals surface area contributed by atoms with Crippen molar-refractivity contribution in [3.8, 4) is 18.1 Å². The van der Waals surface area contributed by atoms with E-state index in [1.807, 2.05) is 25.1 Å². The van der Waals surface area contributed by atoms with Crippen LogP contribution in [0.1, 0.15) is 31.9 Å². The van der Waals surface area contributed by atoms with E-state index in [1.54, 1.807) is 6.07 Å². The van der Waals surface area contributed by atoms with Crippen molar-refractivity contribution in [2.24, 2.45) is 0 Å². The average molecular weight is 203 g/mol. The van der Waals surface area contributed by atoms with Gasteiger partial charge in [0.1, 0.15) is 5.75 Å². The minimum absolute atomic E-state index is 0.00885. The smallest absolute Gasteiger partial charge is 0.120 e. The molecule has 2 unspecified atom stereocenters. The van der Waals surface area contributed by atoms with Gasteiger partial charge >= 0.3 is 0 Å². The Bertz CT molecular complexity index is 354. The Hall–Kier alpha value is -1.46. The number of hydrogen-bond acceptors (Lipinski definition) is 2. The third-order valence-electron chi connectivity index (χ3n) is 2.42. The molecule has 2 heteroatoms. The fourth-order valence-electron chi connectivity index (χ4n) is 1.56. The summed E-state index contributed by atoms with van der Waals surface area (Å²) in [4.78, 5) is 0. The summed E-state index contributed by atoms with van der Waals surface area (Å²) in [6.45, 7) is 4.00. The van der Waals surface area contributed by atoms with E-state index in [9.17, 15) is 5.11 Å². The molecular weight excluding hydrogens is 186 g/mol. The van der Waals surface area contributed by atoms with E-state index in [0.717, 1.165) is 12.0 Å². The highest BCUT2D eigenvalue weighted by Crippen LogP contribution is 2.25. The number of hydrogen-bond donors (Lipinski definition) is 2. The van der Waals surface area contributed by atoms with Crippen LogP contribution in [0.25, 0.3) is 0 Å². The molecule has 0 aliphatic carbocycles. The van der Waals surface area contributed by atoms with Crippen LogP contribution >= 0.6 is 0 Å². The van der Waals surface area contributed by atoms with Gasteiger partial charge in [0.2, 0.25) is 0 Å². The number of phenolic OH excluding ortho intramolecular Hbond substituents is 1. The van der Waals surface area contributed by atoms with Crippen molar-refractivity contribution in [1.29, 1.82) is 0 Å². The Morgan fingerprint density at radius 3 is 2.67 bits per heavy atom.